The number of hydrogen-bond acceptors (Lipinski definition) is 3. The van der Waals surface area contributed by atoms with Gasteiger partial charge >= 0.3 is 12.0 Å². The van der Waals surface area contributed by atoms with Crippen molar-refractivity contribution in [3.05, 3.63) is 0 Å². The second-order valence-corrected chi connectivity index (χ2v) is 3.85. The molecule has 0 aromatic rings. The third kappa shape index (κ3) is 5.19. The maximum Gasteiger partial charge on any atom is 0.318 e. The fourth-order valence-electron chi connectivity index (χ4n) is 1.11. The lowest BCUT2D eigenvalue weighted by Crippen LogP contribution is -2.49. The Morgan fingerprint density at radius 1 is 1.35 bits per heavy atom. The summed E-state index contributed by atoms with van der Waals surface area (Å²) in [5.74, 6) is -2.27. The van der Waals surface area contributed by atoms with Crippen molar-refractivity contribution in [2.75, 3.05) is 13.1 Å². The molecule has 7 nitrogen and oxygen atoms in total. The molecule has 0 radical (unpaired) electrons. The van der Waals surface area contributed by atoms with Crippen LogP contribution in [0.3, 0.4) is 0 Å². The van der Waals surface area contributed by atoms with Gasteiger partial charge in [0.25, 0.3) is 0 Å². The second kappa shape index (κ2) is 6.72. The van der Waals surface area contributed by atoms with Crippen LogP contribution in [0.1, 0.15) is 20.8 Å². The van der Waals surface area contributed by atoms with Gasteiger partial charge in [-0.15, -0.1) is 0 Å². The first-order chi connectivity index (χ1) is 7.79. The third-order valence-corrected chi connectivity index (χ3v) is 2.35. The number of carboxylic acid groups (broad SMARTS) is 1. The van der Waals surface area contributed by atoms with E-state index in [1.807, 2.05) is 0 Å². The fraction of sp³-hybridized carbons (Fsp3) is 0.700. The van der Waals surface area contributed by atoms with E-state index in [-0.39, 0.29) is 6.54 Å². The van der Waals surface area contributed by atoms with E-state index >= 15 is 0 Å². The van der Waals surface area contributed by atoms with Crippen LogP contribution in [-0.4, -0.2) is 47.0 Å². The van der Waals surface area contributed by atoms with Crippen molar-refractivity contribution in [1.29, 1.82) is 0 Å². The monoisotopic (exact) mass is 245 g/mol. The lowest BCUT2D eigenvalue weighted by Gasteiger charge is -2.24. The van der Waals surface area contributed by atoms with Gasteiger partial charge in [-0.1, -0.05) is 6.92 Å². The molecule has 98 valence electrons. The van der Waals surface area contributed by atoms with E-state index in [1.54, 1.807) is 6.92 Å². The average molecular weight is 245 g/mol. The standard InChI is InChI=1S/C10H19N3O4/c1-4-13(5-6(2)9(15)16)10(17)12-7(3)8(11)14/h6-7H,4-5H2,1-3H3,(H2,11,14)(H,12,17)(H,15,16). The van der Waals surface area contributed by atoms with Crippen LogP contribution >= 0.6 is 0 Å². The first kappa shape index (κ1) is 15.2. The molecule has 0 aromatic heterocycles. The number of urea groups is 1. The molecule has 0 rings (SSSR count). The summed E-state index contributed by atoms with van der Waals surface area (Å²) in [6.45, 7) is 5.14. The largest absolute Gasteiger partial charge is 0.481 e. The summed E-state index contributed by atoms with van der Waals surface area (Å²) >= 11 is 0. The van der Waals surface area contributed by atoms with Gasteiger partial charge in [0, 0.05) is 13.1 Å². The van der Waals surface area contributed by atoms with Crippen molar-refractivity contribution >= 4 is 17.9 Å². The summed E-state index contributed by atoms with van der Waals surface area (Å²) in [6, 6.07) is -1.27. The quantitative estimate of drug-likeness (QED) is 0.591. The van der Waals surface area contributed by atoms with Crippen LogP contribution in [0.2, 0.25) is 0 Å². The van der Waals surface area contributed by atoms with E-state index in [2.05, 4.69) is 5.32 Å². The van der Waals surface area contributed by atoms with E-state index in [4.69, 9.17) is 10.8 Å². The van der Waals surface area contributed by atoms with Crippen LogP contribution in [0.4, 0.5) is 4.79 Å². The van der Waals surface area contributed by atoms with Crippen molar-refractivity contribution in [2.24, 2.45) is 11.7 Å². The van der Waals surface area contributed by atoms with E-state index in [1.165, 1.54) is 18.7 Å². The number of nitrogens with one attached hydrogen (secondary N) is 1. The third-order valence-electron chi connectivity index (χ3n) is 2.35. The van der Waals surface area contributed by atoms with Gasteiger partial charge in [0.15, 0.2) is 0 Å². The number of carbonyl (C=O) groups excluding carboxylic acids is 2. The zero-order valence-corrected chi connectivity index (χ0v) is 10.3. The van der Waals surface area contributed by atoms with Gasteiger partial charge in [0.05, 0.1) is 5.92 Å². The smallest absolute Gasteiger partial charge is 0.318 e. The number of carboxylic acids is 1. The Morgan fingerprint density at radius 3 is 2.24 bits per heavy atom. The molecule has 0 spiro atoms. The number of primary amides is 1. The van der Waals surface area contributed by atoms with Crippen molar-refractivity contribution in [3.8, 4) is 0 Å². The molecule has 17 heavy (non-hydrogen) atoms. The summed E-state index contributed by atoms with van der Waals surface area (Å²) in [5.41, 5.74) is 5.01. The summed E-state index contributed by atoms with van der Waals surface area (Å²) < 4.78 is 0. The Labute approximate surface area is 100.0 Å². The lowest BCUT2D eigenvalue weighted by molar-refractivity contribution is -0.141. The summed E-state index contributed by atoms with van der Waals surface area (Å²) in [6.07, 6.45) is 0. The highest BCUT2D eigenvalue weighted by atomic mass is 16.4. The van der Waals surface area contributed by atoms with Gasteiger partial charge in [-0.2, -0.15) is 0 Å². The minimum absolute atomic E-state index is 0.0865. The number of nitrogens with two attached hydrogens (primary N) is 1. The van der Waals surface area contributed by atoms with Crippen LogP contribution in [0.25, 0.3) is 0 Å². The SMILES string of the molecule is CCN(CC(C)C(=O)O)C(=O)NC(C)C(N)=O. The molecule has 0 aliphatic heterocycles. The minimum Gasteiger partial charge on any atom is -0.481 e. The summed E-state index contributed by atoms with van der Waals surface area (Å²) in [5, 5.41) is 11.1. The normalized spacial score (nSPS) is 13.6. The lowest BCUT2D eigenvalue weighted by atomic mass is 10.2. The van der Waals surface area contributed by atoms with Crippen LogP contribution in [-0.2, 0) is 9.59 Å². The molecule has 0 bridgehead atoms. The first-order valence-corrected chi connectivity index (χ1v) is 5.37. The Morgan fingerprint density at radius 2 is 1.88 bits per heavy atom. The van der Waals surface area contributed by atoms with Crippen molar-refractivity contribution in [1.82, 2.24) is 10.2 Å². The maximum atomic E-state index is 11.7. The van der Waals surface area contributed by atoms with Gasteiger partial charge in [0.1, 0.15) is 6.04 Å². The molecular weight excluding hydrogens is 226 g/mol. The molecule has 3 amide bonds. The van der Waals surface area contributed by atoms with Crippen molar-refractivity contribution < 1.29 is 19.5 Å². The van der Waals surface area contributed by atoms with Crippen LogP contribution < -0.4 is 11.1 Å². The molecule has 7 heteroatoms. The van der Waals surface area contributed by atoms with Gasteiger partial charge in [0.2, 0.25) is 5.91 Å². The molecular formula is C10H19N3O4. The first-order valence-electron chi connectivity index (χ1n) is 5.37. The van der Waals surface area contributed by atoms with Gasteiger partial charge in [-0.3, -0.25) is 9.59 Å². The zero-order chi connectivity index (χ0) is 13.6. The number of aliphatic carboxylic acids is 1. The number of hydrogen-bond donors (Lipinski definition) is 3. The van der Waals surface area contributed by atoms with Gasteiger partial charge < -0.3 is 21.1 Å². The van der Waals surface area contributed by atoms with Crippen molar-refractivity contribution in [3.63, 3.8) is 0 Å². The number of nitrogens with zero attached hydrogens (tertiary/aromatic N) is 1. The Balaban J connectivity index is 4.41. The molecule has 4 N–H and O–H groups in total. The van der Waals surface area contributed by atoms with Gasteiger partial charge in [-0.25, -0.2) is 4.79 Å². The average Bonchev–Trinajstić information content (AvgIpc) is 2.24. The van der Waals surface area contributed by atoms with Crippen LogP contribution in [0.5, 0.6) is 0 Å². The predicted molar refractivity (Wildman–Crippen MR) is 61.2 cm³/mol. The predicted octanol–water partition coefficient (Wildman–Crippen LogP) is -0.388. The van der Waals surface area contributed by atoms with E-state index < -0.39 is 29.9 Å². The molecule has 0 aliphatic rings. The maximum absolute atomic E-state index is 11.7. The summed E-state index contributed by atoms with van der Waals surface area (Å²) in [4.78, 5) is 34.4. The highest BCUT2D eigenvalue weighted by Crippen LogP contribution is 2.01. The number of amides is 3. The molecule has 0 aromatic carbocycles. The highest BCUT2D eigenvalue weighted by molar-refractivity contribution is 5.85. The highest BCUT2D eigenvalue weighted by Gasteiger charge is 2.21. The molecule has 2 atom stereocenters. The number of carbonyl (C=O) groups is 3. The molecule has 0 heterocycles. The molecule has 2 unspecified atom stereocenters. The minimum atomic E-state index is -0.973. The van der Waals surface area contributed by atoms with E-state index in [9.17, 15) is 14.4 Å². The zero-order valence-electron chi connectivity index (χ0n) is 10.3. The fourth-order valence-corrected chi connectivity index (χ4v) is 1.11. The molecule has 0 fully saturated rings. The molecule has 0 saturated carbocycles. The summed E-state index contributed by atoms with van der Waals surface area (Å²) in [7, 11) is 0. The molecule has 0 saturated heterocycles. The number of rotatable bonds is 6. The van der Waals surface area contributed by atoms with Gasteiger partial charge in [-0.05, 0) is 13.8 Å². The Hall–Kier alpha value is -1.79. The van der Waals surface area contributed by atoms with E-state index in [0.29, 0.717) is 6.54 Å². The molecule has 0 aliphatic carbocycles. The Kier molecular flexibility index (Phi) is 6.01. The Bertz CT molecular complexity index is 306. The van der Waals surface area contributed by atoms with E-state index in [0.717, 1.165) is 0 Å². The van der Waals surface area contributed by atoms with Crippen LogP contribution in [0.15, 0.2) is 0 Å². The second-order valence-electron chi connectivity index (χ2n) is 3.85. The van der Waals surface area contributed by atoms with Crippen LogP contribution in [0, 0.1) is 5.92 Å². The van der Waals surface area contributed by atoms with Crippen molar-refractivity contribution in [2.45, 2.75) is 26.8 Å². The topological polar surface area (TPSA) is 113 Å².